The van der Waals surface area contributed by atoms with E-state index >= 15 is 0 Å². The lowest BCUT2D eigenvalue weighted by atomic mass is 10.3. The van der Waals surface area contributed by atoms with Gasteiger partial charge in [-0.15, -0.1) is 0 Å². The number of carbonyl (C=O) groups is 1. The highest BCUT2D eigenvalue weighted by atomic mass is 79.9. The molecule has 15 heavy (non-hydrogen) atoms. The first-order valence-electron chi connectivity index (χ1n) is 4.31. The summed E-state index contributed by atoms with van der Waals surface area (Å²) in [5.74, 6) is 0.509. The van der Waals surface area contributed by atoms with E-state index in [1.54, 1.807) is 24.5 Å². The van der Waals surface area contributed by atoms with Crippen molar-refractivity contribution in [3.8, 4) is 0 Å². The molecule has 1 amide bonds. The molecular formula is C10H8BrNO3. The molecule has 2 heterocycles. The highest BCUT2D eigenvalue weighted by Gasteiger charge is 2.12. The summed E-state index contributed by atoms with van der Waals surface area (Å²) in [6.45, 7) is 0.365. The number of halogens is 1. The van der Waals surface area contributed by atoms with Crippen LogP contribution in [0, 0.1) is 0 Å². The largest absolute Gasteiger partial charge is 0.467 e. The molecule has 4 nitrogen and oxygen atoms in total. The normalized spacial score (nSPS) is 10.2. The van der Waals surface area contributed by atoms with Crippen molar-refractivity contribution in [2.45, 2.75) is 6.54 Å². The van der Waals surface area contributed by atoms with Gasteiger partial charge in [-0.1, -0.05) is 0 Å². The van der Waals surface area contributed by atoms with Crippen LogP contribution < -0.4 is 5.32 Å². The molecule has 0 saturated heterocycles. The highest BCUT2D eigenvalue weighted by molar-refractivity contribution is 9.10. The van der Waals surface area contributed by atoms with E-state index in [1.165, 1.54) is 6.26 Å². The molecule has 0 aliphatic rings. The van der Waals surface area contributed by atoms with Crippen LogP contribution in [0.2, 0.25) is 0 Å². The van der Waals surface area contributed by atoms with Crippen molar-refractivity contribution in [3.05, 3.63) is 46.7 Å². The van der Waals surface area contributed by atoms with Crippen molar-refractivity contribution in [1.82, 2.24) is 5.32 Å². The van der Waals surface area contributed by atoms with Gasteiger partial charge in [0.05, 0.1) is 24.6 Å². The van der Waals surface area contributed by atoms with Crippen LogP contribution in [-0.2, 0) is 6.54 Å². The molecule has 1 N–H and O–H groups in total. The minimum absolute atomic E-state index is 0.202. The van der Waals surface area contributed by atoms with Gasteiger partial charge in [0.15, 0.2) is 4.67 Å². The van der Waals surface area contributed by atoms with E-state index in [0.717, 1.165) is 0 Å². The Morgan fingerprint density at radius 2 is 2.20 bits per heavy atom. The van der Waals surface area contributed by atoms with Crippen molar-refractivity contribution in [3.63, 3.8) is 0 Å². The van der Waals surface area contributed by atoms with E-state index in [9.17, 15) is 4.79 Å². The molecule has 2 rings (SSSR count). The molecular weight excluding hydrogens is 262 g/mol. The van der Waals surface area contributed by atoms with Gasteiger partial charge >= 0.3 is 0 Å². The molecule has 2 aromatic heterocycles. The maximum atomic E-state index is 11.6. The quantitative estimate of drug-likeness (QED) is 0.932. The third-order valence-corrected chi connectivity index (χ3v) is 2.48. The summed E-state index contributed by atoms with van der Waals surface area (Å²) in [7, 11) is 0. The number of hydrogen-bond donors (Lipinski definition) is 1. The lowest BCUT2D eigenvalue weighted by Gasteiger charge is -2.00. The van der Waals surface area contributed by atoms with Crippen LogP contribution in [0.1, 0.15) is 16.1 Å². The van der Waals surface area contributed by atoms with Crippen LogP contribution >= 0.6 is 15.9 Å². The van der Waals surface area contributed by atoms with Gasteiger partial charge in [0.2, 0.25) is 0 Å². The lowest BCUT2D eigenvalue weighted by molar-refractivity contribution is 0.0946. The molecule has 0 radical (unpaired) electrons. The predicted octanol–water partition coefficient (Wildman–Crippen LogP) is 2.57. The van der Waals surface area contributed by atoms with Gasteiger partial charge in [-0.25, -0.2) is 0 Å². The summed E-state index contributed by atoms with van der Waals surface area (Å²) in [5, 5.41) is 2.71. The van der Waals surface area contributed by atoms with Crippen molar-refractivity contribution in [2.24, 2.45) is 0 Å². The zero-order valence-electron chi connectivity index (χ0n) is 7.70. The Morgan fingerprint density at radius 1 is 1.33 bits per heavy atom. The number of hydrogen-bond acceptors (Lipinski definition) is 3. The van der Waals surface area contributed by atoms with E-state index < -0.39 is 0 Å². The fourth-order valence-corrected chi connectivity index (χ4v) is 1.55. The van der Waals surface area contributed by atoms with Crippen LogP contribution in [0.15, 0.2) is 44.2 Å². The zero-order chi connectivity index (χ0) is 10.7. The SMILES string of the molecule is O=C(NCc1ccco1)c1ccoc1Br. The summed E-state index contributed by atoms with van der Waals surface area (Å²) >= 11 is 3.13. The van der Waals surface area contributed by atoms with Crippen LogP contribution in [-0.4, -0.2) is 5.91 Å². The van der Waals surface area contributed by atoms with Gasteiger partial charge in [-0.2, -0.15) is 0 Å². The van der Waals surface area contributed by atoms with E-state index in [1.807, 2.05) is 0 Å². The molecule has 78 valence electrons. The van der Waals surface area contributed by atoms with Gasteiger partial charge in [0, 0.05) is 0 Å². The molecule has 0 saturated carbocycles. The number of rotatable bonds is 3. The van der Waals surface area contributed by atoms with Gasteiger partial charge < -0.3 is 14.2 Å². The van der Waals surface area contributed by atoms with E-state index in [0.29, 0.717) is 22.5 Å². The third-order valence-electron chi connectivity index (χ3n) is 1.87. The minimum atomic E-state index is -0.202. The van der Waals surface area contributed by atoms with Crippen LogP contribution in [0.4, 0.5) is 0 Å². The fourth-order valence-electron chi connectivity index (χ4n) is 1.13. The molecule has 0 aliphatic heterocycles. The van der Waals surface area contributed by atoms with E-state index in [2.05, 4.69) is 21.2 Å². The summed E-state index contributed by atoms with van der Waals surface area (Å²) in [5.41, 5.74) is 0.474. The highest BCUT2D eigenvalue weighted by Crippen LogP contribution is 2.17. The van der Waals surface area contributed by atoms with Crippen LogP contribution in [0.3, 0.4) is 0 Å². The Morgan fingerprint density at radius 3 is 2.80 bits per heavy atom. The van der Waals surface area contributed by atoms with Crippen molar-refractivity contribution in [1.29, 1.82) is 0 Å². The molecule has 0 fully saturated rings. The second kappa shape index (κ2) is 4.35. The second-order valence-corrected chi connectivity index (χ2v) is 3.59. The average molecular weight is 270 g/mol. The first kappa shape index (κ1) is 10.0. The standard InChI is InChI=1S/C10H8BrNO3/c11-9-8(3-5-15-9)10(13)12-6-7-2-1-4-14-7/h1-5H,6H2,(H,12,13). The Labute approximate surface area is 94.4 Å². The Kier molecular flexibility index (Phi) is 2.91. The van der Waals surface area contributed by atoms with Crippen molar-refractivity contribution in [2.75, 3.05) is 0 Å². The molecule has 0 spiro atoms. The van der Waals surface area contributed by atoms with Crippen molar-refractivity contribution < 1.29 is 13.6 Å². The molecule has 0 atom stereocenters. The van der Waals surface area contributed by atoms with Gasteiger partial charge in [-0.3, -0.25) is 4.79 Å². The molecule has 2 aromatic rings. The Hall–Kier alpha value is -1.49. The maximum absolute atomic E-state index is 11.6. The molecule has 0 aliphatic carbocycles. The number of amides is 1. The second-order valence-electron chi connectivity index (χ2n) is 2.87. The summed E-state index contributed by atoms with van der Waals surface area (Å²) in [6.07, 6.45) is 3.02. The lowest BCUT2D eigenvalue weighted by Crippen LogP contribution is -2.22. The maximum Gasteiger partial charge on any atom is 0.256 e. The molecule has 0 aromatic carbocycles. The average Bonchev–Trinajstić information content (AvgIpc) is 2.84. The summed E-state index contributed by atoms with van der Waals surface area (Å²) < 4.78 is 10.5. The van der Waals surface area contributed by atoms with Crippen molar-refractivity contribution >= 4 is 21.8 Å². The van der Waals surface area contributed by atoms with E-state index in [4.69, 9.17) is 8.83 Å². The fraction of sp³-hybridized carbons (Fsp3) is 0.100. The number of carbonyl (C=O) groups excluding carboxylic acids is 1. The molecule has 5 heteroatoms. The first-order chi connectivity index (χ1) is 7.27. The molecule has 0 unspecified atom stereocenters. The van der Waals surface area contributed by atoms with E-state index in [-0.39, 0.29) is 5.91 Å². The zero-order valence-corrected chi connectivity index (χ0v) is 9.28. The topological polar surface area (TPSA) is 55.4 Å². The summed E-state index contributed by atoms with van der Waals surface area (Å²) in [4.78, 5) is 11.6. The smallest absolute Gasteiger partial charge is 0.256 e. The van der Waals surface area contributed by atoms with Crippen LogP contribution in [0.25, 0.3) is 0 Å². The third kappa shape index (κ3) is 2.30. The molecule has 0 bridgehead atoms. The van der Waals surface area contributed by atoms with Crippen LogP contribution in [0.5, 0.6) is 0 Å². The Bertz CT molecular complexity index is 447. The number of nitrogens with one attached hydrogen (secondary N) is 1. The number of furan rings is 2. The summed E-state index contributed by atoms with van der Waals surface area (Å²) in [6, 6.07) is 5.17. The predicted molar refractivity (Wildman–Crippen MR) is 56.3 cm³/mol. The minimum Gasteiger partial charge on any atom is -0.467 e. The van der Waals surface area contributed by atoms with Gasteiger partial charge in [0.1, 0.15) is 5.76 Å². The Balaban J connectivity index is 1.96. The first-order valence-corrected chi connectivity index (χ1v) is 5.10. The monoisotopic (exact) mass is 269 g/mol. The van der Waals surface area contributed by atoms with Gasteiger partial charge in [0.25, 0.3) is 5.91 Å². The van der Waals surface area contributed by atoms with Gasteiger partial charge in [-0.05, 0) is 34.1 Å².